The van der Waals surface area contributed by atoms with Crippen LogP contribution in [0.3, 0.4) is 0 Å². The molecule has 0 spiro atoms. The van der Waals surface area contributed by atoms with Crippen molar-refractivity contribution in [1.82, 2.24) is 5.32 Å². The number of rotatable bonds is 16. The summed E-state index contributed by atoms with van der Waals surface area (Å²) in [5.41, 5.74) is 0.819. The van der Waals surface area contributed by atoms with Gasteiger partial charge in [-0.15, -0.1) is 0 Å². The third-order valence-electron chi connectivity index (χ3n) is 7.51. The summed E-state index contributed by atoms with van der Waals surface area (Å²) in [7, 11) is 0. The van der Waals surface area contributed by atoms with E-state index in [9.17, 15) is 30.0 Å². The van der Waals surface area contributed by atoms with E-state index in [0.29, 0.717) is 22.8 Å². The van der Waals surface area contributed by atoms with Crippen LogP contribution in [0.5, 0.6) is 34.5 Å². The SMILES string of the molecule is CCCCCCCCCCOc1c(O)c(O)c(OCc2ccc(C(=O)NCC(=O)O)cc2)c2c(O)c3ccccc3c(O)c12. The number of aliphatic carboxylic acids is 1. The first-order chi connectivity index (χ1) is 21.2. The van der Waals surface area contributed by atoms with Gasteiger partial charge in [0.2, 0.25) is 11.5 Å². The zero-order valence-corrected chi connectivity index (χ0v) is 24.8. The van der Waals surface area contributed by atoms with Crippen molar-refractivity contribution in [3.63, 3.8) is 0 Å². The minimum Gasteiger partial charge on any atom is -0.506 e. The molecule has 10 heteroatoms. The van der Waals surface area contributed by atoms with Gasteiger partial charge < -0.3 is 40.3 Å². The molecule has 4 aromatic carbocycles. The van der Waals surface area contributed by atoms with Gasteiger partial charge in [-0.05, 0) is 24.1 Å². The first-order valence-electron chi connectivity index (χ1n) is 14.9. The van der Waals surface area contributed by atoms with Crippen LogP contribution in [0, 0.1) is 0 Å². The summed E-state index contributed by atoms with van der Waals surface area (Å²) in [6, 6.07) is 12.8. The molecule has 4 aromatic rings. The Morgan fingerprint density at radius 3 is 1.75 bits per heavy atom. The number of carboxylic acid groups (broad SMARTS) is 1. The Hall–Kier alpha value is -4.86. The van der Waals surface area contributed by atoms with Crippen molar-refractivity contribution < 1.29 is 44.6 Å². The Morgan fingerprint density at radius 1 is 0.682 bits per heavy atom. The number of unbranched alkanes of at least 4 members (excludes halogenated alkanes) is 7. The van der Waals surface area contributed by atoms with E-state index in [1.54, 1.807) is 36.4 Å². The lowest BCUT2D eigenvalue weighted by Gasteiger charge is -2.20. The van der Waals surface area contributed by atoms with E-state index in [-0.39, 0.29) is 52.5 Å². The highest BCUT2D eigenvalue weighted by Gasteiger charge is 2.28. The number of phenolic OH excluding ortho intramolecular Hbond substituents is 4. The number of ether oxygens (including phenoxy) is 2. The standard InChI is InChI=1S/C34H39NO9/c1-2-3-4-5-6-7-8-11-18-43-32-26-27(29(39)24-13-10-9-12-23(24)28(26)38)33(31(41)30(32)40)44-20-21-14-16-22(17-15-21)34(42)35-19-25(36)37/h9-10,12-17,38-41H,2-8,11,18-20H2,1H3,(H,35,42)(H,36,37). The van der Waals surface area contributed by atoms with Gasteiger partial charge in [-0.25, -0.2) is 0 Å². The number of carbonyl (C=O) groups is 2. The number of phenols is 4. The summed E-state index contributed by atoms with van der Waals surface area (Å²) in [6.45, 7) is 1.77. The number of fused-ring (bicyclic) bond motifs is 2. The van der Waals surface area contributed by atoms with Crippen LogP contribution in [0.15, 0.2) is 48.5 Å². The maximum Gasteiger partial charge on any atom is 0.322 e. The number of hydrogen-bond donors (Lipinski definition) is 6. The van der Waals surface area contributed by atoms with Gasteiger partial charge in [0.25, 0.3) is 5.91 Å². The molecule has 0 radical (unpaired) electrons. The largest absolute Gasteiger partial charge is 0.506 e. The molecule has 0 fully saturated rings. The zero-order chi connectivity index (χ0) is 31.6. The number of carboxylic acids is 1. The van der Waals surface area contributed by atoms with Gasteiger partial charge in [-0.2, -0.15) is 0 Å². The van der Waals surface area contributed by atoms with Gasteiger partial charge in [0.15, 0.2) is 11.5 Å². The summed E-state index contributed by atoms with van der Waals surface area (Å²) in [4.78, 5) is 22.8. The summed E-state index contributed by atoms with van der Waals surface area (Å²) in [5, 5.41) is 56.4. The summed E-state index contributed by atoms with van der Waals surface area (Å²) >= 11 is 0. The van der Waals surface area contributed by atoms with Gasteiger partial charge >= 0.3 is 5.97 Å². The van der Waals surface area contributed by atoms with Crippen molar-refractivity contribution in [3.05, 3.63) is 59.7 Å². The molecule has 0 unspecified atom stereocenters. The van der Waals surface area contributed by atoms with E-state index in [2.05, 4.69) is 12.2 Å². The van der Waals surface area contributed by atoms with Crippen LogP contribution in [0.4, 0.5) is 0 Å². The van der Waals surface area contributed by atoms with Crippen LogP contribution in [0.1, 0.15) is 74.2 Å². The van der Waals surface area contributed by atoms with Crippen LogP contribution < -0.4 is 14.8 Å². The number of benzene rings is 4. The summed E-state index contributed by atoms with van der Waals surface area (Å²) in [5.74, 6) is -3.90. The van der Waals surface area contributed by atoms with Gasteiger partial charge in [0.1, 0.15) is 24.7 Å². The highest BCUT2D eigenvalue weighted by molar-refractivity contribution is 6.16. The van der Waals surface area contributed by atoms with Gasteiger partial charge in [-0.3, -0.25) is 9.59 Å². The third-order valence-corrected chi connectivity index (χ3v) is 7.51. The van der Waals surface area contributed by atoms with E-state index in [4.69, 9.17) is 14.6 Å². The van der Waals surface area contributed by atoms with E-state index in [1.165, 1.54) is 37.8 Å². The predicted octanol–water partition coefficient (Wildman–Crippen LogP) is 6.73. The Bertz CT molecular complexity index is 1620. The molecule has 4 rings (SSSR count). The first-order valence-corrected chi connectivity index (χ1v) is 14.9. The van der Waals surface area contributed by atoms with Crippen LogP contribution >= 0.6 is 0 Å². The smallest absolute Gasteiger partial charge is 0.322 e. The minimum absolute atomic E-state index is 0.0107. The zero-order valence-electron chi connectivity index (χ0n) is 24.8. The van der Waals surface area contributed by atoms with Gasteiger partial charge in [0.05, 0.1) is 17.4 Å². The molecule has 0 aromatic heterocycles. The molecule has 44 heavy (non-hydrogen) atoms. The summed E-state index contributed by atoms with van der Waals surface area (Å²) in [6.07, 6.45) is 8.70. The first kappa shape index (κ1) is 32.1. The quantitative estimate of drug-likeness (QED) is 0.0351. The molecule has 6 N–H and O–H groups in total. The Morgan fingerprint density at radius 2 is 1.20 bits per heavy atom. The third kappa shape index (κ3) is 7.37. The fourth-order valence-corrected chi connectivity index (χ4v) is 5.15. The molecule has 0 aliphatic carbocycles. The molecule has 10 nitrogen and oxygen atoms in total. The molecule has 0 aliphatic heterocycles. The molecule has 1 amide bonds. The number of amides is 1. The van der Waals surface area contributed by atoms with Crippen molar-refractivity contribution in [2.45, 2.75) is 64.9 Å². The van der Waals surface area contributed by atoms with Crippen LogP contribution in [0.25, 0.3) is 21.5 Å². The van der Waals surface area contributed by atoms with Crippen LogP contribution in [0.2, 0.25) is 0 Å². The Kier molecular flexibility index (Phi) is 11.0. The average Bonchev–Trinajstić information content (AvgIpc) is 3.03. The van der Waals surface area contributed by atoms with Gasteiger partial charge in [0, 0.05) is 16.3 Å². The van der Waals surface area contributed by atoms with Gasteiger partial charge in [-0.1, -0.05) is 88.3 Å². The van der Waals surface area contributed by atoms with Crippen molar-refractivity contribution >= 4 is 33.4 Å². The lowest BCUT2D eigenvalue weighted by Crippen LogP contribution is -2.29. The highest BCUT2D eigenvalue weighted by atomic mass is 16.5. The second-order valence-electron chi connectivity index (χ2n) is 10.7. The van der Waals surface area contributed by atoms with Crippen molar-refractivity contribution in [2.75, 3.05) is 13.2 Å². The fourth-order valence-electron chi connectivity index (χ4n) is 5.15. The number of carbonyl (C=O) groups excluding carboxylic acids is 1. The van der Waals surface area contributed by atoms with E-state index in [0.717, 1.165) is 19.3 Å². The Balaban J connectivity index is 1.60. The predicted molar refractivity (Wildman–Crippen MR) is 167 cm³/mol. The molecule has 0 saturated carbocycles. The van der Waals surface area contributed by atoms with Crippen molar-refractivity contribution in [3.8, 4) is 34.5 Å². The lowest BCUT2D eigenvalue weighted by atomic mass is 9.98. The van der Waals surface area contributed by atoms with Crippen LogP contribution in [-0.2, 0) is 11.4 Å². The number of nitrogens with one attached hydrogen (secondary N) is 1. The van der Waals surface area contributed by atoms with E-state index in [1.807, 2.05) is 0 Å². The lowest BCUT2D eigenvalue weighted by molar-refractivity contribution is -0.135. The molecule has 0 saturated heterocycles. The second kappa shape index (κ2) is 15.0. The molecule has 234 valence electrons. The average molecular weight is 606 g/mol. The number of aromatic hydroxyl groups is 4. The fraction of sp³-hybridized carbons (Fsp3) is 0.353. The molecular weight excluding hydrogens is 566 g/mol. The van der Waals surface area contributed by atoms with Crippen molar-refractivity contribution in [1.29, 1.82) is 0 Å². The summed E-state index contributed by atoms with van der Waals surface area (Å²) < 4.78 is 11.9. The van der Waals surface area contributed by atoms with Crippen molar-refractivity contribution in [2.24, 2.45) is 0 Å². The Labute approximate surface area is 255 Å². The van der Waals surface area contributed by atoms with E-state index >= 15 is 0 Å². The molecule has 0 aliphatic rings. The van der Waals surface area contributed by atoms with Crippen LogP contribution in [-0.4, -0.2) is 50.6 Å². The molecule has 0 heterocycles. The minimum atomic E-state index is -1.16. The maximum atomic E-state index is 12.1. The normalized spacial score (nSPS) is 11.1. The monoisotopic (exact) mass is 605 g/mol. The highest BCUT2D eigenvalue weighted by Crippen LogP contribution is 2.57. The number of hydrogen-bond acceptors (Lipinski definition) is 8. The van der Waals surface area contributed by atoms with E-state index < -0.39 is 29.9 Å². The molecular formula is C34H39NO9. The maximum absolute atomic E-state index is 12.1. The second-order valence-corrected chi connectivity index (χ2v) is 10.7. The molecule has 0 atom stereocenters. The topological polar surface area (TPSA) is 166 Å². The molecule has 0 bridgehead atoms.